The third kappa shape index (κ3) is 4.37. The zero-order valence-electron chi connectivity index (χ0n) is 15.4. The fourth-order valence-electron chi connectivity index (χ4n) is 3.28. The molecule has 132 valence electrons. The fourth-order valence-corrected chi connectivity index (χ4v) is 3.28. The first kappa shape index (κ1) is 18.5. The standard InChI is InChI=1S/C20H30N2O2/c1-5-6-7-11-22-13-16(12-18(22)23)20(24)21-19-15(4)9-8-10-17(19)14(2)3/h8-10,14,16H,5-7,11-13H2,1-4H3,(H,21,24). The average Bonchev–Trinajstić information content (AvgIpc) is 2.90. The summed E-state index contributed by atoms with van der Waals surface area (Å²) in [6.45, 7) is 9.74. The molecule has 1 saturated heterocycles. The summed E-state index contributed by atoms with van der Waals surface area (Å²) in [7, 11) is 0. The Morgan fingerprint density at radius 2 is 2.08 bits per heavy atom. The highest BCUT2D eigenvalue weighted by atomic mass is 16.2. The smallest absolute Gasteiger partial charge is 0.229 e. The summed E-state index contributed by atoms with van der Waals surface area (Å²) < 4.78 is 0. The minimum absolute atomic E-state index is 0.0301. The molecule has 4 heteroatoms. The van der Waals surface area contributed by atoms with Crippen molar-refractivity contribution in [3.05, 3.63) is 29.3 Å². The average molecular weight is 330 g/mol. The minimum atomic E-state index is -0.237. The number of nitrogens with zero attached hydrogens (tertiary/aromatic N) is 1. The highest BCUT2D eigenvalue weighted by Crippen LogP contribution is 2.29. The molecule has 1 aromatic carbocycles. The van der Waals surface area contributed by atoms with Crippen LogP contribution < -0.4 is 5.32 Å². The number of amides is 2. The third-order valence-electron chi connectivity index (χ3n) is 4.79. The number of hydrogen-bond acceptors (Lipinski definition) is 2. The molecule has 24 heavy (non-hydrogen) atoms. The van der Waals surface area contributed by atoms with Crippen LogP contribution >= 0.6 is 0 Å². The van der Waals surface area contributed by atoms with E-state index in [-0.39, 0.29) is 17.7 Å². The number of aryl methyl sites for hydroxylation is 1. The van der Waals surface area contributed by atoms with Gasteiger partial charge in [0.25, 0.3) is 0 Å². The van der Waals surface area contributed by atoms with Crippen LogP contribution in [0.3, 0.4) is 0 Å². The molecule has 0 saturated carbocycles. The van der Waals surface area contributed by atoms with Gasteiger partial charge in [0.15, 0.2) is 0 Å². The van der Waals surface area contributed by atoms with Gasteiger partial charge in [0.2, 0.25) is 11.8 Å². The van der Waals surface area contributed by atoms with Crippen LogP contribution in [0.15, 0.2) is 18.2 Å². The maximum atomic E-state index is 12.7. The fraction of sp³-hybridized carbons (Fsp3) is 0.600. The highest BCUT2D eigenvalue weighted by Gasteiger charge is 2.34. The Bertz CT molecular complexity index is 595. The summed E-state index contributed by atoms with van der Waals surface area (Å²) in [5.74, 6) is 0.187. The molecule has 1 aliphatic rings. The number of unbranched alkanes of at least 4 members (excludes halogenated alkanes) is 2. The Morgan fingerprint density at radius 1 is 1.33 bits per heavy atom. The molecule has 0 spiro atoms. The number of carbonyl (C=O) groups is 2. The van der Waals surface area contributed by atoms with E-state index in [1.54, 1.807) is 0 Å². The zero-order chi connectivity index (χ0) is 17.7. The lowest BCUT2D eigenvalue weighted by molar-refractivity contribution is -0.128. The van der Waals surface area contributed by atoms with E-state index in [0.717, 1.165) is 42.6 Å². The molecule has 1 unspecified atom stereocenters. The predicted molar refractivity (Wildman–Crippen MR) is 98.1 cm³/mol. The number of nitrogens with one attached hydrogen (secondary N) is 1. The molecule has 1 fully saturated rings. The van der Waals surface area contributed by atoms with Gasteiger partial charge < -0.3 is 10.2 Å². The Labute approximate surface area is 145 Å². The molecule has 1 aromatic rings. The van der Waals surface area contributed by atoms with Gasteiger partial charge in [-0.25, -0.2) is 0 Å². The Balaban J connectivity index is 2.02. The zero-order valence-corrected chi connectivity index (χ0v) is 15.4. The molecule has 2 rings (SSSR count). The second kappa shape index (κ2) is 8.32. The molecule has 0 aromatic heterocycles. The molecule has 0 bridgehead atoms. The lowest BCUT2D eigenvalue weighted by Gasteiger charge is -2.19. The van der Waals surface area contributed by atoms with E-state index in [1.165, 1.54) is 0 Å². The number of rotatable bonds is 7. The van der Waals surface area contributed by atoms with E-state index in [1.807, 2.05) is 24.0 Å². The first-order valence-corrected chi connectivity index (χ1v) is 9.12. The summed E-state index contributed by atoms with van der Waals surface area (Å²) in [5.41, 5.74) is 3.13. The number of anilines is 1. The van der Waals surface area contributed by atoms with Gasteiger partial charge in [0.05, 0.1) is 5.92 Å². The van der Waals surface area contributed by atoms with E-state index in [2.05, 4.69) is 32.2 Å². The van der Waals surface area contributed by atoms with Gasteiger partial charge in [-0.3, -0.25) is 9.59 Å². The van der Waals surface area contributed by atoms with Crippen LogP contribution in [0, 0.1) is 12.8 Å². The molecule has 1 aliphatic heterocycles. The van der Waals surface area contributed by atoms with Crippen LogP contribution in [-0.2, 0) is 9.59 Å². The van der Waals surface area contributed by atoms with Crippen molar-refractivity contribution in [2.75, 3.05) is 18.4 Å². The summed E-state index contributed by atoms with van der Waals surface area (Å²) in [5, 5.41) is 3.09. The van der Waals surface area contributed by atoms with Crippen LogP contribution in [0.1, 0.15) is 63.5 Å². The van der Waals surface area contributed by atoms with Crippen molar-refractivity contribution in [1.29, 1.82) is 0 Å². The van der Waals surface area contributed by atoms with Crippen LogP contribution in [0.5, 0.6) is 0 Å². The van der Waals surface area contributed by atoms with Gasteiger partial charge in [-0.15, -0.1) is 0 Å². The van der Waals surface area contributed by atoms with Gasteiger partial charge in [-0.2, -0.15) is 0 Å². The summed E-state index contributed by atoms with van der Waals surface area (Å²) >= 11 is 0. The largest absolute Gasteiger partial charge is 0.342 e. The Morgan fingerprint density at radius 3 is 2.75 bits per heavy atom. The van der Waals surface area contributed by atoms with Crippen molar-refractivity contribution in [2.45, 2.75) is 59.3 Å². The molecule has 4 nitrogen and oxygen atoms in total. The molecule has 0 aliphatic carbocycles. The molecule has 1 N–H and O–H groups in total. The van der Waals surface area contributed by atoms with Crippen LogP contribution in [0.4, 0.5) is 5.69 Å². The topological polar surface area (TPSA) is 49.4 Å². The first-order valence-electron chi connectivity index (χ1n) is 9.12. The molecule has 1 atom stereocenters. The molecule has 2 amide bonds. The van der Waals surface area contributed by atoms with E-state index in [4.69, 9.17) is 0 Å². The second-order valence-corrected chi connectivity index (χ2v) is 7.13. The number of benzene rings is 1. The molecule has 1 heterocycles. The van der Waals surface area contributed by atoms with Crippen molar-refractivity contribution >= 4 is 17.5 Å². The van der Waals surface area contributed by atoms with E-state index >= 15 is 0 Å². The first-order chi connectivity index (χ1) is 11.4. The maximum Gasteiger partial charge on any atom is 0.229 e. The molecular formula is C20H30N2O2. The van der Waals surface area contributed by atoms with Crippen LogP contribution in [-0.4, -0.2) is 29.8 Å². The Hall–Kier alpha value is -1.84. The van der Waals surface area contributed by atoms with Gasteiger partial charge in [-0.1, -0.05) is 51.8 Å². The quantitative estimate of drug-likeness (QED) is 0.765. The second-order valence-electron chi connectivity index (χ2n) is 7.13. The van der Waals surface area contributed by atoms with Gasteiger partial charge in [0.1, 0.15) is 0 Å². The number of carbonyl (C=O) groups excluding carboxylic acids is 2. The number of likely N-dealkylation sites (tertiary alicyclic amines) is 1. The SMILES string of the molecule is CCCCCN1CC(C(=O)Nc2c(C)cccc2C(C)C)CC1=O. The summed E-state index contributed by atoms with van der Waals surface area (Å²) in [6, 6.07) is 6.09. The van der Waals surface area contributed by atoms with Crippen LogP contribution in [0.25, 0.3) is 0 Å². The van der Waals surface area contributed by atoms with Crippen molar-refractivity contribution < 1.29 is 9.59 Å². The normalized spacial score (nSPS) is 17.6. The minimum Gasteiger partial charge on any atom is -0.342 e. The number of hydrogen-bond donors (Lipinski definition) is 1. The van der Waals surface area contributed by atoms with Crippen molar-refractivity contribution in [3.63, 3.8) is 0 Å². The highest BCUT2D eigenvalue weighted by molar-refractivity contribution is 5.98. The molecule has 0 radical (unpaired) electrons. The lowest BCUT2D eigenvalue weighted by atomic mass is 9.97. The third-order valence-corrected chi connectivity index (χ3v) is 4.79. The summed E-state index contributed by atoms with van der Waals surface area (Å²) in [4.78, 5) is 26.6. The Kier molecular flexibility index (Phi) is 6.41. The van der Waals surface area contributed by atoms with Crippen LogP contribution in [0.2, 0.25) is 0 Å². The summed E-state index contributed by atoms with van der Waals surface area (Å²) in [6.07, 6.45) is 3.62. The van der Waals surface area contributed by atoms with E-state index < -0.39 is 0 Å². The lowest BCUT2D eigenvalue weighted by Crippen LogP contribution is -2.29. The monoisotopic (exact) mass is 330 g/mol. The number of para-hydroxylation sites is 1. The molecular weight excluding hydrogens is 300 g/mol. The predicted octanol–water partition coefficient (Wildman–Crippen LogP) is 4.10. The van der Waals surface area contributed by atoms with Crippen molar-refractivity contribution in [2.24, 2.45) is 5.92 Å². The maximum absolute atomic E-state index is 12.7. The van der Waals surface area contributed by atoms with Gasteiger partial charge in [-0.05, 0) is 30.4 Å². The van der Waals surface area contributed by atoms with E-state index in [9.17, 15) is 9.59 Å². The van der Waals surface area contributed by atoms with Gasteiger partial charge in [0, 0.05) is 25.2 Å². The van der Waals surface area contributed by atoms with Crippen molar-refractivity contribution in [1.82, 2.24) is 4.90 Å². The van der Waals surface area contributed by atoms with Gasteiger partial charge >= 0.3 is 0 Å². The van der Waals surface area contributed by atoms with E-state index in [0.29, 0.717) is 18.9 Å². The van der Waals surface area contributed by atoms with Crippen molar-refractivity contribution in [3.8, 4) is 0 Å².